The summed E-state index contributed by atoms with van der Waals surface area (Å²) in [7, 11) is -1.18. The molecule has 1 heterocycles. The lowest BCUT2D eigenvalue weighted by molar-refractivity contribution is 1.26. The predicted octanol–water partition coefficient (Wildman–Crippen LogP) is 2.70. The van der Waals surface area contributed by atoms with Crippen molar-refractivity contribution in [1.82, 2.24) is 4.98 Å². The second-order valence-electron chi connectivity index (χ2n) is 4.07. The van der Waals surface area contributed by atoms with E-state index < -0.39 is 8.07 Å². The molecular weight excluding hydrogens is 230 g/mol. The Hall–Kier alpha value is -0.153. The lowest BCUT2D eigenvalue weighted by Gasteiger charge is -2.18. The van der Waals surface area contributed by atoms with Gasteiger partial charge in [0.1, 0.15) is 4.60 Å². The summed E-state index contributed by atoms with van der Waals surface area (Å²) >= 11 is 3.37. The molecule has 1 rings (SSSR count). The Morgan fingerprint density at radius 2 is 1.92 bits per heavy atom. The van der Waals surface area contributed by atoms with Crippen LogP contribution in [0.25, 0.3) is 0 Å². The largest absolute Gasteiger partial charge is 0.249 e. The average molecular weight is 244 g/mol. The quantitative estimate of drug-likeness (QED) is 0.546. The molecule has 0 aliphatic carbocycles. The molecule has 0 fully saturated rings. The van der Waals surface area contributed by atoms with Crippen molar-refractivity contribution in [3.05, 3.63) is 22.4 Å². The summed E-state index contributed by atoms with van der Waals surface area (Å²) in [5.74, 6) is 0. The van der Waals surface area contributed by atoms with Gasteiger partial charge in [0, 0.05) is 6.20 Å². The number of pyridine rings is 1. The first-order valence-electron chi connectivity index (χ1n) is 4.04. The highest BCUT2D eigenvalue weighted by Gasteiger charge is 2.18. The average Bonchev–Trinajstić information content (AvgIpc) is 1.83. The van der Waals surface area contributed by atoms with Crippen molar-refractivity contribution in [2.24, 2.45) is 0 Å². The zero-order valence-electron chi connectivity index (χ0n) is 7.98. The molecule has 0 aliphatic heterocycles. The third kappa shape index (κ3) is 2.17. The van der Waals surface area contributed by atoms with Crippen molar-refractivity contribution in [2.45, 2.75) is 26.6 Å². The van der Waals surface area contributed by atoms with Gasteiger partial charge in [-0.25, -0.2) is 4.98 Å². The number of rotatable bonds is 1. The van der Waals surface area contributed by atoms with Crippen LogP contribution in [0, 0.1) is 6.92 Å². The Balaban J connectivity index is 3.19. The highest BCUT2D eigenvalue weighted by atomic mass is 79.9. The van der Waals surface area contributed by atoms with Gasteiger partial charge in [0.25, 0.3) is 0 Å². The Morgan fingerprint density at radius 3 is 2.33 bits per heavy atom. The summed E-state index contributed by atoms with van der Waals surface area (Å²) in [6.45, 7) is 9.17. The van der Waals surface area contributed by atoms with E-state index >= 15 is 0 Å². The fourth-order valence-electron chi connectivity index (χ4n) is 1.31. The Kier molecular flexibility index (Phi) is 2.73. The van der Waals surface area contributed by atoms with E-state index in [1.165, 1.54) is 10.8 Å². The van der Waals surface area contributed by atoms with E-state index in [4.69, 9.17) is 0 Å². The standard InChI is InChI=1S/C9H14BrNSi/c1-7-5-9(10)11-6-8(7)12(2,3)4/h5-6H,1-4H3. The predicted molar refractivity (Wildman–Crippen MR) is 59.7 cm³/mol. The molecule has 66 valence electrons. The van der Waals surface area contributed by atoms with E-state index in [9.17, 15) is 0 Å². The second kappa shape index (κ2) is 3.30. The zero-order valence-corrected chi connectivity index (χ0v) is 10.6. The minimum Gasteiger partial charge on any atom is -0.249 e. The molecular formula is C9H14BrNSi. The maximum atomic E-state index is 4.26. The van der Waals surface area contributed by atoms with Crippen molar-refractivity contribution < 1.29 is 0 Å². The van der Waals surface area contributed by atoms with Crippen molar-refractivity contribution in [1.29, 1.82) is 0 Å². The fraction of sp³-hybridized carbons (Fsp3) is 0.444. The van der Waals surface area contributed by atoms with Crippen LogP contribution in [0.2, 0.25) is 19.6 Å². The maximum absolute atomic E-state index is 4.26. The van der Waals surface area contributed by atoms with Crippen LogP contribution in [-0.2, 0) is 0 Å². The van der Waals surface area contributed by atoms with E-state index in [1.807, 2.05) is 6.20 Å². The van der Waals surface area contributed by atoms with E-state index in [-0.39, 0.29) is 0 Å². The highest BCUT2D eigenvalue weighted by molar-refractivity contribution is 9.10. The summed E-state index contributed by atoms with van der Waals surface area (Å²) in [5, 5.41) is 1.45. The minimum absolute atomic E-state index is 0.932. The van der Waals surface area contributed by atoms with Crippen LogP contribution in [0.1, 0.15) is 5.56 Å². The first kappa shape index (κ1) is 9.93. The van der Waals surface area contributed by atoms with Gasteiger partial charge in [-0.2, -0.15) is 0 Å². The van der Waals surface area contributed by atoms with Crippen LogP contribution in [0.15, 0.2) is 16.9 Å². The first-order chi connectivity index (χ1) is 5.41. The van der Waals surface area contributed by atoms with Gasteiger partial charge in [-0.1, -0.05) is 19.6 Å². The SMILES string of the molecule is Cc1cc(Br)ncc1[Si](C)(C)C. The normalized spacial score (nSPS) is 11.8. The lowest BCUT2D eigenvalue weighted by Crippen LogP contribution is -2.39. The highest BCUT2D eigenvalue weighted by Crippen LogP contribution is 2.10. The number of aryl methyl sites for hydroxylation is 1. The molecule has 1 aromatic rings. The molecule has 0 aliphatic rings. The minimum atomic E-state index is -1.18. The fourth-order valence-corrected chi connectivity index (χ4v) is 3.46. The van der Waals surface area contributed by atoms with Gasteiger partial charge in [-0.3, -0.25) is 0 Å². The molecule has 0 spiro atoms. The van der Waals surface area contributed by atoms with Crippen molar-refractivity contribution >= 4 is 29.2 Å². The number of nitrogens with zero attached hydrogens (tertiary/aromatic N) is 1. The van der Waals surface area contributed by atoms with Crippen LogP contribution in [0.3, 0.4) is 0 Å². The van der Waals surface area contributed by atoms with Crippen LogP contribution >= 0.6 is 15.9 Å². The van der Waals surface area contributed by atoms with Crippen LogP contribution < -0.4 is 5.19 Å². The van der Waals surface area contributed by atoms with Gasteiger partial charge in [0.15, 0.2) is 0 Å². The molecule has 0 N–H and O–H groups in total. The second-order valence-corrected chi connectivity index (χ2v) is 9.92. The van der Waals surface area contributed by atoms with Gasteiger partial charge >= 0.3 is 0 Å². The van der Waals surface area contributed by atoms with Crippen molar-refractivity contribution in [3.8, 4) is 0 Å². The Morgan fingerprint density at radius 1 is 1.33 bits per heavy atom. The zero-order chi connectivity index (χ0) is 9.35. The number of aromatic nitrogens is 1. The number of halogens is 1. The van der Waals surface area contributed by atoms with Gasteiger partial charge in [0.2, 0.25) is 0 Å². The molecule has 0 radical (unpaired) electrons. The Labute approximate surface area is 83.4 Å². The smallest absolute Gasteiger partial charge is 0.106 e. The molecule has 0 amide bonds. The van der Waals surface area contributed by atoms with E-state index in [2.05, 4.69) is 53.5 Å². The van der Waals surface area contributed by atoms with E-state index in [1.54, 1.807) is 0 Å². The number of hydrogen-bond acceptors (Lipinski definition) is 1. The Bertz CT molecular complexity index is 291. The van der Waals surface area contributed by atoms with Gasteiger partial charge in [-0.05, 0) is 39.7 Å². The third-order valence-corrected chi connectivity index (χ3v) is 4.46. The first-order valence-corrected chi connectivity index (χ1v) is 8.33. The van der Waals surface area contributed by atoms with Gasteiger partial charge in [0.05, 0.1) is 8.07 Å². The third-order valence-electron chi connectivity index (χ3n) is 1.89. The van der Waals surface area contributed by atoms with Gasteiger partial charge in [-0.15, -0.1) is 0 Å². The molecule has 1 nitrogen and oxygen atoms in total. The molecule has 0 aromatic carbocycles. The van der Waals surface area contributed by atoms with Crippen molar-refractivity contribution in [2.75, 3.05) is 0 Å². The lowest BCUT2D eigenvalue weighted by atomic mass is 10.3. The molecule has 0 saturated carbocycles. The van der Waals surface area contributed by atoms with E-state index in [0.29, 0.717) is 0 Å². The van der Waals surface area contributed by atoms with Crippen LogP contribution in [-0.4, -0.2) is 13.1 Å². The monoisotopic (exact) mass is 243 g/mol. The maximum Gasteiger partial charge on any atom is 0.106 e. The molecule has 3 heteroatoms. The summed E-state index contributed by atoms with van der Waals surface area (Å²) < 4.78 is 0.932. The van der Waals surface area contributed by atoms with Crippen molar-refractivity contribution in [3.63, 3.8) is 0 Å². The van der Waals surface area contributed by atoms with Crippen LogP contribution in [0.5, 0.6) is 0 Å². The topological polar surface area (TPSA) is 12.9 Å². The molecule has 12 heavy (non-hydrogen) atoms. The molecule has 0 bridgehead atoms. The summed E-state index contributed by atoms with van der Waals surface area (Å²) in [5.41, 5.74) is 1.36. The molecule has 0 unspecified atom stereocenters. The number of hydrogen-bond donors (Lipinski definition) is 0. The van der Waals surface area contributed by atoms with E-state index in [0.717, 1.165) is 4.60 Å². The molecule has 1 aromatic heterocycles. The summed E-state index contributed by atoms with van der Waals surface area (Å²) in [6, 6.07) is 2.09. The summed E-state index contributed by atoms with van der Waals surface area (Å²) in [4.78, 5) is 4.26. The van der Waals surface area contributed by atoms with Gasteiger partial charge < -0.3 is 0 Å². The molecule has 0 atom stereocenters. The molecule has 0 saturated heterocycles. The summed E-state index contributed by atoms with van der Waals surface area (Å²) in [6.07, 6.45) is 2.01. The van der Waals surface area contributed by atoms with Crippen LogP contribution in [0.4, 0.5) is 0 Å².